The van der Waals surface area contributed by atoms with Crippen LogP contribution in [-0.4, -0.2) is 37.1 Å². The fraction of sp³-hybridized carbons (Fsp3) is 0.250. The molecular formula is C20H21N3O2. The minimum atomic E-state index is 0.0475. The van der Waals surface area contributed by atoms with Crippen LogP contribution >= 0.6 is 0 Å². The first kappa shape index (κ1) is 15.6. The molecule has 0 atom stereocenters. The van der Waals surface area contributed by atoms with Crippen molar-refractivity contribution in [3.63, 3.8) is 0 Å². The lowest BCUT2D eigenvalue weighted by atomic mass is 10.1. The summed E-state index contributed by atoms with van der Waals surface area (Å²) in [7, 11) is 0. The third-order valence-electron chi connectivity index (χ3n) is 4.55. The van der Waals surface area contributed by atoms with E-state index in [1.807, 2.05) is 48.7 Å². The number of fused-ring (bicyclic) bond motifs is 2. The van der Waals surface area contributed by atoms with Gasteiger partial charge in [-0.2, -0.15) is 0 Å². The number of nitrogens with zero attached hydrogens (tertiary/aromatic N) is 1. The molecule has 3 aromatic rings. The van der Waals surface area contributed by atoms with Gasteiger partial charge in [-0.1, -0.05) is 30.3 Å². The maximum absolute atomic E-state index is 12.3. The number of hydrogen-bond donors (Lipinski definition) is 2. The van der Waals surface area contributed by atoms with Gasteiger partial charge in [0.1, 0.15) is 12.4 Å². The average molecular weight is 335 g/mol. The zero-order valence-electron chi connectivity index (χ0n) is 14.0. The highest BCUT2D eigenvalue weighted by atomic mass is 16.5. The van der Waals surface area contributed by atoms with E-state index in [1.54, 1.807) is 0 Å². The topological polar surface area (TPSA) is 57.4 Å². The summed E-state index contributed by atoms with van der Waals surface area (Å²) in [6.07, 6.45) is 2.31. The lowest BCUT2D eigenvalue weighted by Crippen LogP contribution is -2.39. The van der Waals surface area contributed by atoms with Gasteiger partial charge < -0.3 is 19.9 Å². The van der Waals surface area contributed by atoms with Crippen LogP contribution in [0.3, 0.4) is 0 Å². The van der Waals surface area contributed by atoms with E-state index in [0.29, 0.717) is 19.6 Å². The molecule has 25 heavy (non-hydrogen) atoms. The predicted molar refractivity (Wildman–Crippen MR) is 99.2 cm³/mol. The van der Waals surface area contributed by atoms with Crippen molar-refractivity contribution in [2.24, 2.45) is 0 Å². The monoisotopic (exact) mass is 335 g/mol. The van der Waals surface area contributed by atoms with E-state index in [2.05, 4.69) is 21.3 Å². The Morgan fingerprint density at radius 3 is 2.96 bits per heavy atom. The van der Waals surface area contributed by atoms with Crippen molar-refractivity contribution in [3.05, 3.63) is 60.3 Å². The number of carbonyl (C=O) groups excluding carboxylic acids is 1. The van der Waals surface area contributed by atoms with E-state index in [0.717, 1.165) is 41.0 Å². The van der Waals surface area contributed by atoms with Crippen LogP contribution in [0.25, 0.3) is 10.9 Å². The number of anilines is 1. The molecule has 2 N–H and O–H groups in total. The Morgan fingerprint density at radius 2 is 2.00 bits per heavy atom. The van der Waals surface area contributed by atoms with E-state index >= 15 is 0 Å². The first-order chi connectivity index (χ1) is 12.3. The maximum atomic E-state index is 12.3. The molecule has 1 aliphatic rings. The zero-order chi connectivity index (χ0) is 17.1. The highest BCUT2D eigenvalue weighted by Crippen LogP contribution is 2.30. The van der Waals surface area contributed by atoms with E-state index < -0.39 is 0 Å². The van der Waals surface area contributed by atoms with Crippen molar-refractivity contribution in [2.75, 3.05) is 31.1 Å². The number of carbonyl (C=O) groups is 1. The molecule has 5 nitrogen and oxygen atoms in total. The Labute approximate surface area is 146 Å². The van der Waals surface area contributed by atoms with E-state index in [1.165, 1.54) is 0 Å². The first-order valence-electron chi connectivity index (χ1n) is 8.60. The zero-order valence-corrected chi connectivity index (χ0v) is 14.0. The standard InChI is InChI=1S/C20H21N3O2/c24-20(13-15-14-22-17-6-2-1-5-16(15)17)21-9-10-23-11-12-25-19-8-4-3-7-18(19)23/h1-8,14,22H,9-13H2,(H,21,24). The number of aromatic amines is 1. The van der Waals surface area contributed by atoms with Crippen molar-refractivity contribution >= 4 is 22.5 Å². The van der Waals surface area contributed by atoms with Gasteiger partial charge in [0.2, 0.25) is 5.91 Å². The molecule has 0 fully saturated rings. The van der Waals surface area contributed by atoms with Gasteiger partial charge in [0.05, 0.1) is 18.7 Å². The molecule has 0 aliphatic carbocycles. The maximum Gasteiger partial charge on any atom is 0.224 e. The molecule has 0 saturated carbocycles. The van der Waals surface area contributed by atoms with E-state index in [9.17, 15) is 4.79 Å². The van der Waals surface area contributed by atoms with Crippen LogP contribution in [-0.2, 0) is 11.2 Å². The van der Waals surface area contributed by atoms with Crippen molar-refractivity contribution < 1.29 is 9.53 Å². The number of para-hydroxylation sites is 3. The van der Waals surface area contributed by atoms with Crippen molar-refractivity contribution in [3.8, 4) is 5.75 Å². The summed E-state index contributed by atoms with van der Waals surface area (Å²) in [4.78, 5) is 17.7. The number of H-pyrrole nitrogens is 1. The highest BCUT2D eigenvalue weighted by molar-refractivity contribution is 5.88. The molecule has 1 aliphatic heterocycles. The van der Waals surface area contributed by atoms with Gasteiger partial charge in [0, 0.05) is 30.2 Å². The van der Waals surface area contributed by atoms with Crippen LogP contribution in [0.4, 0.5) is 5.69 Å². The molecule has 2 heterocycles. The van der Waals surface area contributed by atoms with Gasteiger partial charge in [0.15, 0.2) is 0 Å². The Balaban J connectivity index is 1.33. The minimum Gasteiger partial charge on any atom is -0.490 e. The van der Waals surface area contributed by atoms with Crippen LogP contribution in [0, 0.1) is 0 Å². The van der Waals surface area contributed by atoms with Gasteiger partial charge in [-0.15, -0.1) is 0 Å². The fourth-order valence-electron chi connectivity index (χ4n) is 3.30. The molecule has 4 rings (SSSR count). The lowest BCUT2D eigenvalue weighted by molar-refractivity contribution is -0.120. The Morgan fingerprint density at radius 1 is 1.16 bits per heavy atom. The molecule has 128 valence electrons. The molecule has 1 amide bonds. The summed E-state index contributed by atoms with van der Waals surface area (Å²) in [5.74, 6) is 0.963. The fourth-order valence-corrected chi connectivity index (χ4v) is 3.30. The van der Waals surface area contributed by atoms with Crippen LogP contribution in [0.2, 0.25) is 0 Å². The van der Waals surface area contributed by atoms with Crippen molar-refractivity contribution in [2.45, 2.75) is 6.42 Å². The summed E-state index contributed by atoms with van der Waals surface area (Å²) in [5, 5.41) is 4.14. The van der Waals surface area contributed by atoms with Crippen molar-refractivity contribution in [1.29, 1.82) is 0 Å². The predicted octanol–water partition coefficient (Wildman–Crippen LogP) is 2.73. The molecule has 0 saturated heterocycles. The number of aromatic nitrogens is 1. The number of nitrogens with one attached hydrogen (secondary N) is 2. The number of hydrogen-bond acceptors (Lipinski definition) is 3. The second-order valence-electron chi connectivity index (χ2n) is 6.19. The summed E-state index contributed by atoms with van der Waals surface area (Å²) in [5.41, 5.74) is 3.19. The van der Waals surface area contributed by atoms with Gasteiger partial charge in [-0.3, -0.25) is 4.79 Å². The van der Waals surface area contributed by atoms with Gasteiger partial charge in [-0.25, -0.2) is 0 Å². The number of rotatable bonds is 5. The van der Waals surface area contributed by atoms with Crippen molar-refractivity contribution in [1.82, 2.24) is 10.3 Å². The Hall–Kier alpha value is -2.95. The molecule has 5 heteroatoms. The molecule has 0 bridgehead atoms. The normalized spacial score (nSPS) is 13.4. The first-order valence-corrected chi connectivity index (χ1v) is 8.60. The smallest absolute Gasteiger partial charge is 0.224 e. The van der Waals surface area contributed by atoms with Gasteiger partial charge in [0.25, 0.3) is 0 Å². The number of amides is 1. The summed E-state index contributed by atoms with van der Waals surface area (Å²) in [6, 6.07) is 16.1. The molecular weight excluding hydrogens is 314 g/mol. The molecule has 1 aromatic heterocycles. The third-order valence-corrected chi connectivity index (χ3v) is 4.55. The van der Waals surface area contributed by atoms with E-state index in [4.69, 9.17) is 4.74 Å². The third kappa shape index (κ3) is 3.31. The van der Waals surface area contributed by atoms with E-state index in [-0.39, 0.29) is 5.91 Å². The van der Waals surface area contributed by atoms with Crippen LogP contribution in [0.5, 0.6) is 5.75 Å². The summed E-state index contributed by atoms with van der Waals surface area (Å²) < 4.78 is 5.66. The largest absolute Gasteiger partial charge is 0.490 e. The van der Waals surface area contributed by atoms with Crippen LogP contribution in [0.1, 0.15) is 5.56 Å². The number of benzene rings is 2. The SMILES string of the molecule is O=C(Cc1c[nH]c2ccccc12)NCCN1CCOc2ccccc21. The lowest BCUT2D eigenvalue weighted by Gasteiger charge is -2.31. The summed E-state index contributed by atoms with van der Waals surface area (Å²) >= 11 is 0. The second-order valence-corrected chi connectivity index (χ2v) is 6.19. The second kappa shape index (κ2) is 6.89. The quantitative estimate of drug-likeness (QED) is 0.754. The molecule has 0 unspecified atom stereocenters. The van der Waals surface area contributed by atoms with Crippen LogP contribution in [0.15, 0.2) is 54.7 Å². The Bertz CT molecular complexity index is 887. The molecule has 0 spiro atoms. The summed E-state index contributed by atoms with van der Waals surface area (Å²) in [6.45, 7) is 2.92. The molecule has 0 radical (unpaired) electrons. The number of ether oxygens (including phenoxy) is 1. The average Bonchev–Trinajstić information content (AvgIpc) is 3.05. The van der Waals surface area contributed by atoms with Crippen LogP contribution < -0.4 is 15.0 Å². The Kier molecular flexibility index (Phi) is 4.29. The highest BCUT2D eigenvalue weighted by Gasteiger charge is 2.17. The van der Waals surface area contributed by atoms with Gasteiger partial charge in [-0.05, 0) is 23.8 Å². The van der Waals surface area contributed by atoms with Gasteiger partial charge >= 0.3 is 0 Å². The molecule has 2 aromatic carbocycles. The minimum absolute atomic E-state index is 0.0475.